The molecule has 3 nitrogen and oxygen atoms in total. The summed E-state index contributed by atoms with van der Waals surface area (Å²) in [5.41, 5.74) is 6.03. The van der Waals surface area contributed by atoms with Crippen LogP contribution in [0.15, 0.2) is 18.5 Å². The predicted octanol–water partition coefficient (Wildman–Crippen LogP) is 2.17. The molecule has 1 rings (SSSR count). The maximum absolute atomic E-state index is 12.9. The molecule has 0 radical (unpaired) electrons. The number of Topliss-reactive ketones (excluding diaryl/α,β-unsaturated/α-hetero) is 1. The van der Waals surface area contributed by atoms with Crippen molar-refractivity contribution in [3.05, 3.63) is 29.8 Å². The Kier molecular flexibility index (Phi) is 3.75. The van der Waals surface area contributed by atoms with Gasteiger partial charge in [-0.05, 0) is 11.5 Å². The SMILES string of the molecule is CC(C)(C)C(N)CC(=O)c1cncc(F)c1. The number of carbonyl (C=O) groups is 1. The van der Waals surface area contributed by atoms with Crippen LogP contribution in [0.3, 0.4) is 0 Å². The van der Waals surface area contributed by atoms with Crippen molar-refractivity contribution in [1.82, 2.24) is 4.98 Å². The summed E-state index contributed by atoms with van der Waals surface area (Å²) in [6.07, 6.45) is 2.63. The van der Waals surface area contributed by atoms with Gasteiger partial charge in [0.2, 0.25) is 0 Å². The molecule has 1 aromatic rings. The van der Waals surface area contributed by atoms with Crippen molar-refractivity contribution in [2.24, 2.45) is 11.1 Å². The van der Waals surface area contributed by atoms with E-state index in [1.54, 1.807) is 0 Å². The van der Waals surface area contributed by atoms with Crippen LogP contribution in [0.5, 0.6) is 0 Å². The normalized spacial score (nSPS) is 13.6. The first kappa shape index (κ1) is 12.8. The minimum absolute atomic E-state index is 0.142. The van der Waals surface area contributed by atoms with Crippen molar-refractivity contribution >= 4 is 5.78 Å². The van der Waals surface area contributed by atoms with Crippen LogP contribution in [0.2, 0.25) is 0 Å². The molecule has 1 unspecified atom stereocenters. The molecule has 1 aromatic heterocycles. The Labute approximate surface area is 94.9 Å². The molecule has 1 atom stereocenters. The first-order chi connectivity index (χ1) is 7.30. The third-order valence-electron chi connectivity index (χ3n) is 2.54. The van der Waals surface area contributed by atoms with Gasteiger partial charge in [0.05, 0.1) is 6.20 Å². The second-order valence-corrected chi connectivity index (χ2v) is 4.99. The smallest absolute Gasteiger partial charge is 0.166 e. The van der Waals surface area contributed by atoms with Crippen LogP contribution in [0.1, 0.15) is 37.6 Å². The molecule has 0 amide bonds. The van der Waals surface area contributed by atoms with Gasteiger partial charge in [-0.3, -0.25) is 9.78 Å². The molecule has 0 saturated carbocycles. The highest BCUT2D eigenvalue weighted by Gasteiger charge is 2.23. The molecule has 0 bridgehead atoms. The van der Waals surface area contributed by atoms with E-state index in [0.29, 0.717) is 0 Å². The summed E-state index contributed by atoms with van der Waals surface area (Å²) in [6.45, 7) is 5.90. The molecule has 0 aliphatic rings. The van der Waals surface area contributed by atoms with Gasteiger partial charge in [0.1, 0.15) is 5.82 Å². The fourth-order valence-electron chi connectivity index (χ4n) is 1.19. The number of hydrogen-bond donors (Lipinski definition) is 1. The van der Waals surface area contributed by atoms with E-state index in [0.717, 1.165) is 6.20 Å². The standard InChI is InChI=1S/C12H17FN2O/c1-12(2,3)11(14)5-10(16)8-4-9(13)7-15-6-8/h4,6-7,11H,5,14H2,1-3H3. The summed E-state index contributed by atoms with van der Waals surface area (Å²) in [6, 6.07) is 0.938. The molecule has 88 valence electrons. The lowest BCUT2D eigenvalue weighted by atomic mass is 9.84. The van der Waals surface area contributed by atoms with E-state index >= 15 is 0 Å². The Morgan fingerprint density at radius 3 is 2.62 bits per heavy atom. The number of rotatable bonds is 3. The molecular weight excluding hydrogens is 207 g/mol. The summed E-state index contributed by atoms with van der Waals surface area (Å²) in [5, 5.41) is 0. The average Bonchev–Trinajstić information content (AvgIpc) is 2.16. The van der Waals surface area contributed by atoms with Gasteiger partial charge >= 0.3 is 0 Å². The number of nitrogens with two attached hydrogens (primary N) is 1. The van der Waals surface area contributed by atoms with Gasteiger partial charge in [-0.25, -0.2) is 4.39 Å². The van der Waals surface area contributed by atoms with Gasteiger partial charge in [0, 0.05) is 24.2 Å². The first-order valence-corrected chi connectivity index (χ1v) is 5.20. The predicted molar refractivity (Wildman–Crippen MR) is 60.6 cm³/mol. The maximum atomic E-state index is 12.9. The van der Waals surface area contributed by atoms with Crippen molar-refractivity contribution in [1.29, 1.82) is 0 Å². The number of hydrogen-bond acceptors (Lipinski definition) is 3. The van der Waals surface area contributed by atoms with E-state index in [4.69, 9.17) is 5.73 Å². The fourth-order valence-corrected chi connectivity index (χ4v) is 1.19. The number of ketones is 1. The van der Waals surface area contributed by atoms with Crippen LogP contribution >= 0.6 is 0 Å². The Morgan fingerprint density at radius 1 is 1.50 bits per heavy atom. The highest BCUT2D eigenvalue weighted by atomic mass is 19.1. The van der Waals surface area contributed by atoms with Crippen molar-refractivity contribution in [3.8, 4) is 0 Å². The van der Waals surface area contributed by atoms with E-state index in [2.05, 4.69) is 4.98 Å². The lowest BCUT2D eigenvalue weighted by Crippen LogP contribution is -2.37. The number of pyridine rings is 1. The van der Waals surface area contributed by atoms with E-state index < -0.39 is 5.82 Å². The van der Waals surface area contributed by atoms with Crippen LogP contribution in [0.25, 0.3) is 0 Å². The van der Waals surface area contributed by atoms with Crippen LogP contribution < -0.4 is 5.73 Å². The van der Waals surface area contributed by atoms with E-state index in [1.165, 1.54) is 12.3 Å². The van der Waals surface area contributed by atoms with Crippen molar-refractivity contribution in [2.75, 3.05) is 0 Å². The van der Waals surface area contributed by atoms with Gasteiger partial charge in [-0.1, -0.05) is 20.8 Å². The highest BCUT2D eigenvalue weighted by Crippen LogP contribution is 2.21. The lowest BCUT2D eigenvalue weighted by molar-refractivity contribution is 0.0952. The fraction of sp³-hybridized carbons (Fsp3) is 0.500. The van der Waals surface area contributed by atoms with Gasteiger partial charge in [0.15, 0.2) is 5.78 Å². The highest BCUT2D eigenvalue weighted by molar-refractivity contribution is 5.96. The third-order valence-corrected chi connectivity index (χ3v) is 2.54. The molecule has 1 heterocycles. The zero-order chi connectivity index (χ0) is 12.3. The molecule has 0 aliphatic heterocycles. The van der Waals surface area contributed by atoms with E-state index in [9.17, 15) is 9.18 Å². The summed E-state index contributed by atoms with van der Waals surface area (Å²) in [5.74, 6) is -0.676. The quantitative estimate of drug-likeness (QED) is 0.800. The van der Waals surface area contributed by atoms with Gasteiger partial charge < -0.3 is 5.73 Å². The topological polar surface area (TPSA) is 56.0 Å². The van der Waals surface area contributed by atoms with E-state index in [1.807, 2.05) is 20.8 Å². The minimum Gasteiger partial charge on any atom is -0.327 e. The monoisotopic (exact) mass is 224 g/mol. The number of carbonyl (C=O) groups excluding carboxylic acids is 1. The molecular formula is C12H17FN2O. The lowest BCUT2D eigenvalue weighted by Gasteiger charge is -2.26. The Hall–Kier alpha value is -1.29. The van der Waals surface area contributed by atoms with Crippen molar-refractivity contribution in [3.63, 3.8) is 0 Å². The summed E-state index contributed by atoms with van der Waals surface area (Å²) in [7, 11) is 0. The average molecular weight is 224 g/mol. The van der Waals surface area contributed by atoms with Crippen LogP contribution in [-0.2, 0) is 0 Å². The van der Waals surface area contributed by atoms with Crippen molar-refractivity contribution in [2.45, 2.75) is 33.2 Å². The molecule has 16 heavy (non-hydrogen) atoms. The maximum Gasteiger partial charge on any atom is 0.166 e. The molecule has 0 saturated heterocycles. The second kappa shape index (κ2) is 4.70. The largest absolute Gasteiger partial charge is 0.327 e. The van der Waals surface area contributed by atoms with Crippen LogP contribution in [-0.4, -0.2) is 16.8 Å². The second-order valence-electron chi connectivity index (χ2n) is 4.99. The van der Waals surface area contributed by atoms with Gasteiger partial charge in [0.25, 0.3) is 0 Å². The summed E-state index contributed by atoms with van der Waals surface area (Å²) in [4.78, 5) is 15.4. The molecule has 4 heteroatoms. The van der Waals surface area contributed by atoms with Gasteiger partial charge in [-0.15, -0.1) is 0 Å². The third kappa shape index (κ3) is 3.38. The number of aromatic nitrogens is 1. The Balaban J connectivity index is 2.74. The molecule has 0 spiro atoms. The Bertz CT molecular complexity index is 385. The zero-order valence-corrected chi connectivity index (χ0v) is 9.83. The van der Waals surface area contributed by atoms with Crippen LogP contribution in [0.4, 0.5) is 4.39 Å². The minimum atomic E-state index is -0.504. The number of nitrogens with zero attached hydrogens (tertiary/aromatic N) is 1. The molecule has 0 aliphatic carbocycles. The molecule has 0 fully saturated rings. The first-order valence-electron chi connectivity index (χ1n) is 5.20. The summed E-state index contributed by atoms with van der Waals surface area (Å²) >= 11 is 0. The van der Waals surface area contributed by atoms with Crippen molar-refractivity contribution < 1.29 is 9.18 Å². The Morgan fingerprint density at radius 2 is 2.12 bits per heavy atom. The zero-order valence-electron chi connectivity index (χ0n) is 9.83. The van der Waals surface area contributed by atoms with E-state index in [-0.39, 0.29) is 29.2 Å². The summed E-state index contributed by atoms with van der Waals surface area (Å²) < 4.78 is 12.9. The van der Waals surface area contributed by atoms with Crippen LogP contribution in [0, 0.1) is 11.2 Å². The molecule has 2 N–H and O–H groups in total. The molecule has 0 aromatic carbocycles. The van der Waals surface area contributed by atoms with Gasteiger partial charge in [-0.2, -0.15) is 0 Å². The number of halogens is 1.